The highest BCUT2D eigenvalue weighted by molar-refractivity contribution is 6.08. The maximum Gasteiger partial charge on any atom is 0.257 e. The summed E-state index contributed by atoms with van der Waals surface area (Å²) in [4.78, 5) is 12.5. The number of nitrogens with one attached hydrogen (secondary N) is 1. The summed E-state index contributed by atoms with van der Waals surface area (Å²) in [6.07, 6.45) is 0. The van der Waals surface area contributed by atoms with Crippen LogP contribution in [0.3, 0.4) is 0 Å². The van der Waals surface area contributed by atoms with Gasteiger partial charge in [-0.2, -0.15) is 0 Å². The normalized spacial score (nSPS) is 10.2. The van der Waals surface area contributed by atoms with E-state index >= 15 is 0 Å². The number of methoxy groups -OCH3 is 1. The molecular weight excluding hydrogens is 328 g/mol. The fourth-order valence-corrected chi connectivity index (χ4v) is 2.50. The Morgan fingerprint density at radius 2 is 1.62 bits per heavy atom. The fourth-order valence-electron chi connectivity index (χ4n) is 2.50. The smallest absolute Gasteiger partial charge is 0.257 e. The summed E-state index contributed by atoms with van der Waals surface area (Å²) >= 11 is 0. The topological polar surface area (TPSA) is 73.6 Å². The van der Waals surface area contributed by atoms with E-state index in [-0.39, 0.29) is 5.91 Å². The number of carbonyl (C=O) groups is 1. The molecule has 0 radical (unpaired) electrons. The van der Waals surface area contributed by atoms with Gasteiger partial charge in [0.15, 0.2) is 11.5 Å². The van der Waals surface area contributed by atoms with E-state index in [1.165, 1.54) is 7.11 Å². The first-order valence-corrected chi connectivity index (χ1v) is 8.18. The predicted molar refractivity (Wildman–Crippen MR) is 103 cm³/mol. The molecule has 0 bridgehead atoms. The lowest BCUT2D eigenvalue weighted by molar-refractivity contribution is 0.102. The minimum Gasteiger partial charge on any atom is -0.493 e. The van der Waals surface area contributed by atoms with Crippen LogP contribution in [-0.2, 0) is 6.61 Å². The first-order chi connectivity index (χ1) is 12.7. The second-order valence-corrected chi connectivity index (χ2v) is 5.68. The molecule has 3 rings (SSSR count). The van der Waals surface area contributed by atoms with E-state index in [1.807, 2.05) is 60.7 Å². The highest BCUT2D eigenvalue weighted by Gasteiger charge is 2.16. The number of para-hydroxylation sites is 1. The lowest BCUT2D eigenvalue weighted by Crippen LogP contribution is -2.14. The van der Waals surface area contributed by atoms with Gasteiger partial charge in [-0.3, -0.25) is 4.79 Å². The molecule has 26 heavy (non-hydrogen) atoms. The first-order valence-electron chi connectivity index (χ1n) is 8.18. The van der Waals surface area contributed by atoms with Crippen molar-refractivity contribution in [3.8, 4) is 11.5 Å². The number of nitrogens with two attached hydrogens (primary N) is 1. The third-order valence-corrected chi connectivity index (χ3v) is 3.85. The number of ether oxygens (including phenoxy) is 2. The average molecular weight is 348 g/mol. The zero-order valence-electron chi connectivity index (χ0n) is 14.4. The molecule has 0 aliphatic carbocycles. The third kappa shape index (κ3) is 4.13. The second-order valence-electron chi connectivity index (χ2n) is 5.68. The van der Waals surface area contributed by atoms with Crippen molar-refractivity contribution in [2.24, 2.45) is 0 Å². The van der Waals surface area contributed by atoms with Crippen LogP contribution in [-0.4, -0.2) is 13.0 Å². The van der Waals surface area contributed by atoms with Gasteiger partial charge in [-0.25, -0.2) is 0 Å². The van der Waals surface area contributed by atoms with Gasteiger partial charge in [0.25, 0.3) is 5.91 Å². The molecule has 3 N–H and O–H groups in total. The number of rotatable bonds is 6. The van der Waals surface area contributed by atoms with Crippen molar-refractivity contribution in [2.75, 3.05) is 18.2 Å². The van der Waals surface area contributed by atoms with Crippen LogP contribution in [0.15, 0.2) is 72.8 Å². The number of nitrogen functional groups attached to an aromatic ring is 1. The molecule has 0 aliphatic rings. The molecule has 1 amide bonds. The van der Waals surface area contributed by atoms with Gasteiger partial charge in [-0.15, -0.1) is 0 Å². The molecule has 0 saturated carbocycles. The van der Waals surface area contributed by atoms with Gasteiger partial charge in [-0.1, -0.05) is 48.5 Å². The second kappa shape index (κ2) is 8.07. The minimum absolute atomic E-state index is 0.304. The molecule has 5 nitrogen and oxygen atoms in total. The van der Waals surface area contributed by atoms with Gasteiger partial charge in [0.2, 0.25) is 0 Å². The number of hydrogen-bond acceptors (Lipinski definition) is 4. The van der Waals surface area contributed by atoms with Crippen LogP contribution in [0.25, 0.3) is 0 Å². The molecule has 3 aromatic carbocycles. The molecule has 0 aromatic heterocycles. The highest BCUT2D eigenvalue weighted by Crippen LogP contribution is 2.33. The summed E-state index contributed by atoms with van der Waals surface area (Å²) in [5.74, 6) is 0.639. The van der Waals surface area contributed by atoms with Gasteiger partial charge < -0.3 is 20.5 Å². The van der Waals surface area contributed by atoms with Crippen LogP contribution in [0.2, 0.25) is 0 Å². The number of anilines is 2. The fraction of sp³-hybridized carbons (Fsp3) is 0.0952. The molecule has 0 spiro atoms. The van der Waals surface area contributed by atoms with Crippen LogP contribution in [0, 0.1) is 0 Å². The van der Waals surface area contributed by atoms with Crippen molar-refractivity contribution in [3.05, 3.63) is 83.9 Å². The van der Waals surface area contributed by atoms with Crippen molar-refractivity contribution < 1.29 is 14.3 Å². The van der Waals surface area contributed by atoms with E-state index in [2.05, 4.69) is 5.32 Å². The van der Waals surface area contributed by atoms with E-state index in [1.54, 1.807) is 12.1 Å². The number of benzene rings is 3. The Bertz CT molecular complexity index is 881. The summed E-state index contributed by atoms with van der Waals surface area (Å²) < 4.78 is 11.2. The highest BCUT2D eigenvalue weighted by atomic mass is 16.5. The predicted octanol–water partition coefficient (Wildman–Crippen LogP) is 4.11. The molecular formula is C21H20N2O3. The Balaban J connectivity index is 1.79. The summed E-state index contributed by atoms with van der Waals surface area (Å²) in [6, 6.07) is 22.2. The van der Waals surface area contributed by atoms with Gasteiger partial charge in [0.05, 0.1) is 12.7 Å². The molecule has 0 saturated heterocycles. The molecule has 0 heterocycles. The van der Waals surface area contributed by atoms with Crippen molar-refractivity contribution in [1.29, 1.82) is 0 Å². The molecule has 5 heteroatoms. The van der Waals surface area contributed by atoms with Crippen molar-refractivity contribution in [1.82, 2.24) is 0 Å². The lowest BCUT2D eigenvalue weighted by atomic mass is 10.1. The molecule has 0 aliphatic heterocycles. The largest absolute Gasteiger partial charge is 0.493 e. The van der Waals surface area contributed by atoms with Crippen LogP contribution in [0.1, 0.15) is 15.9 Å². The molecule has 0 fully saturated rings. The molecule has 0 unspecified atom stereocenters. The van der Waals surface area contributed by atoms with E-state index in [0.717, 1.165) is 5.56 Å². The van der Waals surface area contributed by atoms with E-state index in [4.69, 9.17) is 15.2 Å². The van der Waals surface area contributed by atoms with Gasteiger partial charge in [0, 0.05) is 17.4 Å². The van der Waals surface area contributed by atoms with Crippen molar-refractivity contribution >= 4 is 17.3 Å². The maximum absolute atomic E-state index is 12.5. The van der Waals surface area contributed by atoms with Gasteiger partial charge >= 0.3 is 0 Å². The Morgan fingerprint density at radius 3 is 2.27 bits per heavy atom. The Morgan fingerprint density at radius 1 is 0.962 bits per heavy atom. The van der Waals surface area contributed by atoms with Gasteiger partial charge in [-0.05, 0) is 23.8 Å². The van der Waals surface area contributed by atoms with E-state index in [0.29, 0.717) is 35.0 Å². The van der Waals surface area contributed by atoms with Crippen molar-refractivity contribution in [3.63, 3.8) is 0 Å². The summed E-state index contributed by atoms with van der Waals surface area (Å²) in [7, 11) is 1.53. The Kier molecular flexibility index (Phi) is 5.39. The number of amides is 1. The SMILES string of the molecule is COc1cc(C(=O)Nc2ccccc2)c(N)cc1OCc1ccccc1. The maximum atomic E-state index is 12.5. The Hall–Kier alpha value is -3.47. The Labute approximate surface area is 152 Å². The quantitative estimate of drug-likeness (QED) is 0.658. The third-order valence-electron chi connectivity index (χ3n) is 3.85. The number of carbonyl (C=O) groups excluding carboxylic acids is 1. The lowest BCUT2D eigenvalue weighted by Gasteiger charge is -2.14. The summed E-state index contributed by atoms with van der Waals surface area (Å²) in [5.41, 5.74) is 8.45. The zero-order valence-corrected chi connectivity index (χ0v) is 14.4. The average Bonchev–Trinajstić information content (AvgIpc) is 2.68. The standard InChI is InChI=1S/C21H20N2O3/c1-25-19-12-17(21(24)23-16-10-6-3-7-11-16)18(22)13-20(19)26-14-15-8-4-2-5-9-15/h2-13H,14,22H2,1H3,(H,23,24). The van der Waals surface area contributed by atoms with Crippen LogP contribution in [0.4, 0.5) is 11.4 Å². The van der Waals surface area contributed by atoms with Crippen LogP contribution < -0.4 is 20.5 Å². The first kappa shape index (κ1) is 17.4. The molecule has 0 atom stereocenters. The minimum atomic E-state index is -0.304. The summed E-state index contributed by atoms with van der Waals surface area (Å²) in [5, 5.41) is 2.81. The zero-order chi connectivity index (χ0) is 18.4. The van der Waals surface area contributed by atoms with Crippen LogP contribution >= 0.6 is 0 Å². The van der Waals surface area contributed by atoms with Gasteiger partial charge in [0.1, 0.15) is 6.61 Å². The summed E-state index contributed by atoms with van der Waals surface area (Å²) in [6.45, 7) is 0.381. The molecule has 3 aromatic rings. The van der Waals surface area contributed by atoms with Crippen LogP contribution in [0.5, 0.6) is 11.5 Å². The molecule has 132 valence electrons. The monoisotopic (exact) mass is 348 g/mol. The van der Waals surface area contributed by atoms with E-state index < -0.39 is 0 Å². The van der Waals surface area contributed by atoms with Crippen molar-refractivity contribution in [2.45, 2.75) is 6.61 Å². The number of hydrogen-bond donors (Lipinski definition) is 2. The van der Waals surface area contributed by atoms with E-state index in [9.17, 15) is 4.79 Å².